The van der Waals surface area contributed by atoms with E-state index in [9.17, 15) is 23.6 Å². The van der Waals surface area contributed by atoms with Gasteiger partial charge in [-0.25, -0.2) is 4.39 Å². The third-order valence-electron chi connectivity index (χ3n) is 6.18. The second kappa shape index (κ2) is 11.3. The van der Waals surface area contributed by atoms with E-state index in [4.69, 9.17) is 0 Å². The molecule has 38 heavy (non-hydrogen) atoms. The predicted octanol–water partition coefficient (Wildman–Crippen LogP) is 3.51. The number of carbonyl (C=O) groups is 3. The van der Waals surface area contributed by atoms with Gasteiger partial charge in [0.25, 0.3) is 11.5 Å². The van der Waals surface area contributed by atoms with Gasteiger partial charge in [0, 0.05) is 46.5 Å². The van der Waals surface area contributed by atoms with Gasteiger partial charge in [-0.3, -0.25) is 28.6 Å². The average molecular weight is 522 g/mol. The summed E-state index contributed by atoms with van der Waals surface area (Å²) in [6.45, 7) is 3.27. The molecule has 0 saturated carbocycles. The SMILES string of the molecule is Cc1ccc(Nc2c(C(=O)N(C)C)c(N(C=O)c3cccc(CC(=O)N(C)C)c3)c(C)c(=O)n2C)c(F)c1. The van der Waals surface area contributed by atoms with Crippen LogP contribution in [0.4, 0.5) is 27.3 Å². The van der Waals surface area contributed by atoms with Gasteiger partial charge < -0.3 is 15.1 Å². The zero-order valence-corrected chi connectivity index (χ0v) is 22.6. The van der Waals surface area contributed by atoms with E-state index in [1.807, 2.05) is 0 Å². The number of anilines is 4. The fourth-order valence-electron chi connectivity index (χ4n) is 4.04. The van der Waals surface area contributed by atoms with Gasteiger partial charge in [0.1, 0.15) is 17.2 Å². The van der Waals surface area contributed by atoms with E-state index in [2.05, 4.69) is 5.32 Å². The van der Waals surface area contributed by atoms with Gasteiger partial charge in [0.15, 0.2) is 0 Å². The molecule has 1 heterocycles. The first-order valence-corrected chi connectivity index (χ1v) is 11.9. The van der Waals surface area contributed by atoms with Crippen molar-refractivity contribution in [2.24, 2.45) is 7.05 Å². The van der Waals surface area contributed by atoms with Crippen molar-refractivity contribution in [3.05, 3.63) is 80.9 Å². The zero-order chi connectivity index (χ0) is 28.3. The summed E-state index contributed by atoms with van der Waals surface area (Å²) < 4.78 is 16.0. The fraction of sp³-hybridized carbons (Fsp3) is 0.286. The maximum absolute atomic E-state index is 14.8. The van der Waals surface area contributed by atoms with Crippen molar-refractivity contribution >= 4 is 41.1 Å². The number of nitrogens with one attached hydrogen (secondary N) is 1. The molecule has 3 aromatic rings. The van der Waals surface area contributed by atoms with Crippen LogP contribution in [0.3, 0.4) is 0 Å². The molecule has 2 aromatic carbocycles. The number of likely N-dealkylation sites (N-methyl/N-ethyl adjacent to an activating group) is 1. The number of aromatic nitrogens is 1. The van der Waals surface area contributed by atoms with Crippen LogP contribution in [0.1, 0.15) is 27.0 Å². The van der Waals surface area contributed by atoms with Gasteiger partial charge in [0.05, 0.1) is 17.8 Å². The van der Waals surface area contributed by atoms with E-state index in [1.165, 1.54) is 45.4 Å². The highest BCUT2D eigenvalue weighted by Gasteiger charge is 2.29. The lowest BCUT2D eigenvalue weighted by Gasteiger charge is -2.28. The van der Waals surface area contributed by atoms with Crippen molar-refractivity contribution in [1.82, 2.24) is 14.4 Å². The van der Waals surface area contributed by atoms with Crippen LogP contribution >= 0.6 is 0 Å². The Morgan fingerprint density at radius 2 is 1.71 bits per heavy atom. The van der Waals surface area contributed by atoms with Crippen molar-refractivity contribution in [2.45, 2.75) is 20.3 Å². The number of amides is 3. The molecule has 0 fully saturated rings. The Bertz CT molecular complexity index is 1460. The summed E-state index contributed by atoms with van der Waals surface area (Å²) in [6, 6.07) is 11.3. The Morgan fingerprint density at radius 3 is 2.29 bits per heavy atom. The lowest BCUT2D eigenvalue weighted by atomic mass is 10.0. The summed E-state index contributed by atoms with van der Waals surface area (Å²) in [5, 5.41) is 2.91. The van der Waals surface area contributed by atoms with Gasteiger partial charge in [-0.2, -0.15) is 0 Å². The van der Waals surface area contributed by atoms with Gasteiger partial charge in [-0.1, -0.05) is 18.2 Å². The third-order valence-corrected chi connectivity index (χ3v) is 6.18. The van der Waals surface area contributed by atoms with Gasteiger partial charge in [-0.05, 0) is 49.2 Å². The largest absolute Gasteiger partial charge is 0.349 e. The molecule has 0 aliphatic carbocycles. The lowest BCUT2D eigenvalue weighted by Crippen LogP contribution is -2.33. The Morgan fingerprint density at radius 1 is 1.03 bits per heavy atom. The molecule has 200 valence electrons. The third kappa shape index (κ3) is 5.59. The molecule has 0 aliphatic rings. The van der Waals surface area contributed by atoms with Crippen LogP contribution in [0, 0.1) is 19.7 Å². The van der Waals surface area contributed by atoms with Crippen molar-refractivity contribution in [3.8, 4) is 0 Å². The molecule has 0 spiro atoms. The number of aryl methyl sites for hydroxylation is 1. The molecule has 0 atom stereocenters. The van der Waals surface area contributed by atoms with Crippen molar-refractivity contribution in [3.63, 3.8) is 0 Å². The number of carbonyl (C=O) groups excluding carboxylic acids is 3. The van der Waals surface area contributed by atoms with Crippen molar-refractivity contribution in [2.75, 3.05) is 38.4 Å². The summed E-state index contributed by atoms with van der Waals surface area (Å²) in [4.78, 5) is 55.7. The predicted molar refractivity (Wildman–Crippen MR) is 146 cm³/mol. The molecule has 9 nitrogen and oxygen atoms in total. The molecule has 3 amide bonds. The first-order valence-electron chi connectivity index (χ1n) is 11.9. The molecule has 0 radical (unpaired) electrons. The van der Waals surface area contributed by atoms with Crippen LogP contribution < -0.4 is 15.8 Å². The van der Waals surface area contributed by atoms with E-state index in [-0.39, 0.29) is 40.6 Å². The van der Waals surface area contributed by atoms with Crippen LogP contribution in [-0.4, -0.2) is 60.8 Å². The molecule has 1 N–H and O–H groups in total. The normalized spacial score (nSPS) is 10.6. The molecule has 0 saturated heterocycles. The van der Waals surface area contributed by atoms with Gasteiger partial charge >= 0.3 is 0 Å². The minimum absolute atomic E-state index is 0.0106. The molecular weight excluding hydrogens is 489 g/mol. The number of hydrogen-bond acceptors (Lipinski definition) is 5. The molecule has 3 rings (SSSR count). The van der Waals surface area contributed by atoms with Crippen LogP contribution in [0.2, 0.25) is 0 Å². The molecule has 0 bridgehead atoms. The number of benzene rings is 2. The molecule has 10 heteroatoms. The summed E-state index contributed by atoms with van der Waals surface area (Å²) in [5.41, 5.74) is 1.52. The Hall–Kier alpha value is -4.47. The second-order valence-corrected chi connectivity index (χ2v) is 9.48. The van der Waals surface area contributed by atoms with Crippen LogP contribution in [0.15, 0.2) is 47.3 Å². The minimum Gasteiger partial charge on any atom is -0.349 e. The maximum atomic E-state index is 14.8. The number of pyridine rings is 1. The first-order chi connectivity index (χ1) is 17.9. The van der Waals surface area contributed by atoms with E-state index in [1.54, 1.807) is 65.4 Å². The number of rotatable bonds is 8. The fourth-order valence-corrected chi connectivity index (χ4v) is 4.04. The average Bonchev–Trinajstić information content (AvgIpc) is 2.86. The quantitative estimate of drug-likeness (QED) is 0.458. The van der Waals surface area contributed by atoms with Crippen molar-refractivity contribution < 1.29 is 18.8 Å². The zero-order valence-electron chi connectivity index (χ0n) is 22.6. The highest BCUT2D eigenvalue weighted by Crippen LogP contribution is 2.36. The first kappa shape index (κ1) is 28.1. The number of halogens is 1. The summed E-state index contributed by atoms with van der Waals surface area (Å²) in [5.74, 6) is -1.16. The van der Waals surface area contributed by atoms with E-state index in [0.717, 1.165) is 0 Å². The minimum atomic E-state index is -0.562. The summed E-state index contributed by atoms with van der Waals surface area (Å²) >= 11 is 0. The number of hydrogen-bond donors (Lipinski definition) is 1. The van der Waals surface area contributed by atoms with E-state index < -0.39 is 17.3 Å². The van der Waals surface area contributed by atoms with Crippen LogP contribution in [-0.2, 0) is 23.1 Å². The number of nitrogens with zero attached hydrogens (tertiary/aromatic N) is 4. The van der Waals surface area contributed by atoms with E-state index >= 15 is 0 Å². The standard InChI is InChI=1S/C28H32FN5O4/c1-17-11-12-22(21(29)13-17)30-26-24(28(38)32(5)6)25(18(2)27(37)33(26)7)34(16-35)20-10-8-9-19(14-20)15-23(36)31(3)4/h8-14,16,30H,15H2,1-7H3. The monoisotopic (exact) mass is 521 g/mol. The highest BCUT2D eigenvalue weighted by atomic mass is 19.1. The Balaban J connectivity index is 2.30. The summed E-state index contributed by atoms with van der Waals surface area (Å²) in [7, 11) is 7.86. The Kier molecular flexibility index (Phi) is 8.35. The Labute approximate surface area is 221 Å². The highest BCUT2D eigenvalue weighted by molar-refractivity contribution is 6.08. The molecule has 1 aromatic heterocycles. The summed E-state index contributed by atoms with van der Waals surface area (Å²) in [6.07, 6.45) is 0.614. The maximum Gasteiger partial charge on any atom is 0.259 e. The smallest absolute Gasteiger partial charge is 0.259 e. The lowest BCUT2D eigenvalue weighted by molar-refractivity contribution is -0.127. The van der Waals surface area contributed by atoms with Gasteiger partial charge in [-0.15, -0.1) is 0 Å². The molecule has 0 aliphatic heterocycles. The van der Waals surface area contributed by atoms with Crippen LogP contribution in [0.25, 0.3) is 0 Å². The second-order valence-electron chi connectivity index (χ2n) is 9.48. The molecule has 0 unspecified atom stereocenters. The van der Waals surface area contributed by atoms with E-state index in [0.29, 0.717) is 23.2 Å². The topological polar surface area (TPSA) is 95.0 Å². The van der Waals surface area contributed by atoms with Crippen LogP contribution in [0.5, 0.6) is 0 Å². The van der Waals surface area contributed by atoms with Gasteiger partial charge in [0.2, 0.25) is 12.3 Å². The van der Waals surface area contributed by atoms with Crippen molar-refractivity contribution in [1.29, 1.82) is 0 Å². The molecular formula is C28H32FN5O4.